The smallest absolute Gasteiger partial charge is 0.127 e. The van der Waals surface area contributed by atoms with Gasteiger partial charge in [0.1, 0.15) is 17.2 Å². The zero-order valence-corrected chi connectivity index (χ0v) is 12.0. The number of hydrogen-bond donors (Lipinski definition) is 2. The average Bonchev–Trinajstić information content (AvgIpc) is 2.23. The Hall–Kier alpha value is -1.57. The van der Waals surface area contributed by atoms with Gasteiger partial charge in [0.2, 0.25) is 0 Å². The van der Waals surface area contributed by atoms with Crippen LogP contribution in [0.25, 0.3) is 0 Å². The van der Waals surface area contributed by atoms with Crippen molar-refractivity contribution in [2.45, 2.75) is 18.9 Å². The van der Waals surface area contributed by atoms with E-state index < -0.39 is 11.4 Å². The average molecular weight is 277 g/mol. The predicted molar refractivity (Wildman–Crippen MR) is 75.6 cm³/mol. The van der Waals surface area contributed by atoms with E-state index in [4.69, 9.17) is 0 Å². The van der Waals surface area contributed by atoms with E-state index in [9.17, 15) is 14.6 Å². The maximum absolute atomic E-state index is 13.6. The summed E-state index contributed by atoms with van der Waals surface area (Å²) in [6.07, 6.45) is 0.589. The highest BCUT2D eigenvalue weighted by Crippen LogP contribution is 2.42. The summed E-state index contributed by atoms with van der Waals surface area (Å²) in [4.78, 5) is 1.97. The maximum atomic E-state index is 13.6. The molecular weight excluding hydrogens is 257 g/mol. The molecule has 3 atom stereocenters. The number of phenolic OH excluding ortho intramolecular Hbond substituents is 1. The Bertz CT molecular complexity index is 541. The Morgan fingerprint density at radius 3 is 2.55 bits per heavy atom. The van der Waals surface area contributed by atoms with Crippen LogP contribution in [0.4, 0.5) is 4.39 Å². The number of aliphatic hydroxyl groups is 1. The van der Waals surface area contributed by atoms with Crippen molar-refractivity contribution < 1.29 is 14.6 Å². The molecule has 0 amide bonds. The molecule has 0 aliphatic heterocycles. The molecule has 3 nitrogen and oxygen atoms in total. The first-order chi connectivity index (χ1) is 9.34. The van der Waals surface area contributed by atoms with Gasteiger partial charge in [-0.1, -0.05) is 12.8 Å². The lowest BCUT2D eigenvalue weighted by molar-refractivity contribution is -0.0608. The SMILES string of the molecule is C[C@H](CN(C)C)[C@@](O)(c1cc(O)cc(F)c1)[C@H]1C#CC1. The Balaban J connectivity index is 2.44. The summed E-state index contributed by atoms with van der Waals surface area (Å²) in [5.41, 5.74) is -0.863. The maximum Gasteiger partial charge on any atom is 0.127 e. The van der Waals surface area contributed by atoms with Crippen LogP contribution < -0.4 is 0 Å². The van der Waals surface area contributed by atoms with Crippen LogP contribution in [0.2, 0.25) is 0 Å². The quantitative estimate of drug-likeness (QED) is 0.808. The monoisotopic (exact) mass is 277 g/mol. The fourth-order valence-electron chi connectivity index (χ4n) is 2.79. The number of aromatic hydroxyl groups is 1. The second-order valence-corrected chi connectivity index (χ2v) is 5.76. The first-order valence-corrected chi connectivity index (χ1v) is 6.69. The van der Waals surface area contributed by atoms with Gasteiger partial charge in [0.05, 0.1) is 5.92 Å². The highest BCUT2D eigenvalue weighted by molar-refractivity contribution is 5.37. The summed E-state index contributed by atoms with van der Waals surface area (Å²) < 4.78 is 13.6. The van der Waals surface area contributed by atoms with Crippen molar-refractivity contribution in [3.8, 4) is 17.6 Å². The van der Waals surface area contributed by atoms with E-state index in [-0.39, 0.29) is 17.6 Å². The minimum Gasteiger partial charge on any atom is -0.508 e. The van der Waals surface area contributed by atoms with Crippen LogP contribution in [0.3, 0.4) is 0 Å². The summed E-state index contributed by atoms with van der Waals surface area (Å²) in [5.74, 6) is 4.75. The van der Waals surface area contributed by atoms with E-state index in [0.717, 1.165) is 6.07 Å². The van der Waals surface area contributed by atoms with Gasteiger partial charge >= 0.3 is 0 Å². The third kappa shape index (κ3) is 2.65. The third-order valence-electron chi connectivity index (χ3n) is 3.85. The summed E-state index contributed by atoms with van der Waals surface area (Å²) in [5, 5.41) is 20.8. The highest BCUT2D eigenvalue weighted by atomic mass is 19.1. The van der Waals surface area contributed by atoms with Crippen molar-refractivity contribution in [3.05, 3.63) is 29.6 Å². The first-order valence-electron chi connectivity index (χ1n) is 6.69. The zero-order chi connectivity index (χ0) is 14.9. The summed E-state index contributed by atoms with van der Waals surface area (Å²) in [7, 11) is 3.85. The summed E-state index contributed by atoms with van der Waals surface area (Å²) in [6.45, 7) is 2.56. The molecule has 0 bridgehead atoms. The van der Waals surface area contributed by atoms with Gasteiger partial charge in [-0.05, 0) is 31.8 Å². The van der Waals surface area contributed by atoms with E-state index in [0.29, 0.717) is 18.5 Å². The van der Waals surface area contributed by atoms with Crippen LogP contribution in [-0.4, -0.2) is 35.8 Å². The largest absolute Gasteiger partial charge is 0.508 e. The third-order valence-corrected chi connectivity index (χ3v) is 3.85. The zero-order valence-electron chi connectivity index (χ0n) is 12.0. The number of halogens is 1. The normalized spacial score (nSPS) is 21.6. The first kappa shape index (κ1) is 14.8. The standard InChI is InChI=1S/C16H20FNO2/c1-11(10-18(2)3)16(20,12-5-4-6-12)13-7-14(17)9-15(19)8-13/h7-9,11-12,19-20H,5,10H2,1-3H3/t11-,12-,16+/m1/s1. The van der Waals surface area contributed by atoms with Crippen molar-refractivity contribution in [1.29, 1.82) is 0 Å². The van der Waals surface area contributed by atoms with Crippen LogP contribution in [0.1, 0.15) is 18.9 Å². The molecule has 0 fully saturated rings. The van der Waals surface area contributed by atoms with Gasteiger partial charge in [0.25, 0.3) is 0 Å². The number of phenols is 1. The Kier molecular flexibility index (Phi) is 4.03. The molecule has 1 aliphatic rings. The fourth-order valence-corrected chi connectivity index (χ4v) is 2.79. The van der Waals surface area contributed by atoms with Gasteiger partial charge in [-0.15, -0.1) is 5.92 Å². The molecule has 0 unspecified atom stereocenters. The van der Waals surface area contributed by atoms with E-state index in [1.54, 1.807) is 0 Å². The summed E-state index contributed by atoms with van der Waals surface area (Å²) >= 11 is 0. The minimum absolute atomic E-state index is 0.140. The van der Waals surface area contributed by atoms with E-state index >= 15 is 0 Å². The molecule has 4 heteroatoms. The molecule has 108 valence electrons. The summed E-state index contributed by atoms with van der Waals surface area (Å²) in [6, 6.07) is 3.74. The molecule has 1 aromatic carbocycles. The molecule has 2 N–H and O–H groups in total. The van der Waals surface area contributed by atoms with Crippen molar-refractivity contribution in [1.82, 2.24) is 4.90 Å². The number of rotatable bonds is 5. The molecule has 0 saturated heterocycles. The molecule has 0 aromatic heterocycles. The van der Waals surface area contributed by atoms with Gasteiger partial charge in [0.15, 0.2) is 0 Å². The predicted octanol–water partition coefficient (Wildman–Crippen LogP) is 1.94. The minimum atomic E-state index is -1.25. The van der Waals surface area contributed by atoms with E-state index in [1.165, 1.54) is 12.1 Å². The molecule has 2 rings (SSSR count). The number of nitrogens with zero attached hydrogens (tertiary/aromatic N) is 1. The van der Waals surface area contributed by atoms with Gasteiger partial charge in [-0.3, -0.25) is 0 Å². The topological polar surface area (TPSA) is 43.7 Å². The van der Waals surface area contributed by atoms with Gasteiger partial charge in [-0.2, -0.15) is 0 Å². The van der Waals surface area contributed by atoms with Crippen molar-refractivity contribution in [3.63, 3.8) is 0 Å². The van der Waals surface area contributed by atoms with Gasteiger partial charge < -0.3 is 15.1 Å². The van der Waals surface area contributed by atoms with Crippen molar-refractivity contribution in [2.24, 2.45) is 11.8 Å². The van der Waals surface area contributed by atoms with Crippen LogP contribution in [0.15, 0.2) is 18.2 Å². The molecule has 1 aromatic rings. The molecule has 1 aliphatic carbocycles. The van der Waals surface area contributed by atoms with Gasteiger partial charge in [0, 0.05) is 24.9 Å². The second-order valence-electron chi connectivity index (χ2n) is 5.76. The molecule has 0 saturated carbocycles. The Morgan fingerprint density at radius 1 is 1.45 bits per heavy atom. The lowest BCUT2D eigenvalue weighted by Gasteiger charge is -2.41. The van der Waals surface area contributed by atoms with Crippen LogP contribution >= 0.6 is 0 Å². The van der Waals surface area contributed by atoms with Crippen LogP contribution in [-0.2, 0) is 5.60 Å². The number of hydrogen-bond acceptors (Lipinski definition) is 3. The lowest BCUT2D eigenvalue weighted by Crippen LogP contribution is -2.46. The Labute approximate surface area is 119 Å². The lowest BCUT2D eigenvalue weighted by atomic mass is 9.69. The molecule has 0 spiro atoms. The molecule has 0 radical (unpaired) electrons. The van der Waals surface area contributed by atoms with Gasteiger partial charge in [-0.25, -0.2) is 4.39 Å². The second kappa shape index (κ2) is 5.43. The molecule has 0 heterocycles. The molecular formula is C16H20FNO2. The van der Waals surface area contributed by atoms with Crippen molar-refractivity contribution in [2.75, 3.05) is 20.6 Å². The van der Waals surface area contributed by atoms with Crippen molar-refractivity contribution >= 4 is 0 Å². The van der Waals surface area contributed by atoms with Crippen LogP contribution in [0, 0.1) is 29.5 Å². The van der Waals surface area contributed by atoms with Crippen LogP contribution in [0.5, 0.6) is 5.75 Å². The fraction of sp³-hybridized carbons (Fsp3) is 0.500. The highest BCUT2D eigenvalue weighted by Gasteiger charge is 2.44. The number of benzene rings is 1. The molecule has 20 heavy (non-hydrogen) atoms. The Morgan fingerprint density at radius 2 is 2.10 bits per heavy atom. The van der Waals surface area contributed by atoms with E-state index in [1.807, 2.05) is 25.9 Å². The van der Waals surface area contributed by atoms with E-state index in [2.05, 4.69) is 11.8 Å².